The largest absolute Gasteiger partial charge is 0.370 e. The maximum absolute atomic E-state index is 12.7. The molecule has 21 heavy (non-hydrogen) atoms. The van der Waals surface area contributed by atoms with Gasteiger partial charge in [0.05, 0.1) is 4.90 Å². The van der Waals surface area contributed by atoms with E-state index in [4.69, 9.17) is 0 Å². The highest BCUT2D eigenvalue weighted by molar-refractivity contribution is 7.89. The van der Waals surface area contributed by atoms with Crippen LogP contribution in [0.5, 0.6) is 0 Å². The van der Waals surface area contributed by atoms with E-state index in [9.17, 15) is 8.42 Å². The minimum absolute atomic E-state index is 0.129. The second-order valence-corrected chi connectivity index (χ2v) is 7.61. The minimum Gasteiger partial charge on any atom is -0.370 e. The average Bonchev–Trinajstić information content (AvgIpc) is 2.53. The van der Waals surface area contributed by atoms with Crippen molar-refractivity contribution in [3.05, 3.63) is 18.3 Å². The zero-order valence-electron chi connectivity index (χ0n) is 12.9. The van der Waals surface area contributed by atoms with Gasteiger partial charge in [-0.05, 0) is 25.3 Å². The van der Waals surface area contributed by atoms with Gasteiger partial charge in [-0.2, -0.15) is 4.31 Å². The van der Waals surface area contributed by atoms with Crippen molar-refractivity contribution in [2.75, 3.05) is 18.9 Å². The van der Waals surface area contributed by atoms with Crippen molar-refractivity contribution in [2.45, 2.75) is 56.4 Å². The van der Waals surface area contributed by atoms with Gasteiger partial charge in [-0.1, -0.05) is 26.2 Å². The molecule has 1 aromatic rings. The highest BCUT2D eigenvalue weighted by Crippen LogP contribution is 2.26. The second kappa shape index (κ2) is 7.22. The number of hydrogen-bond acceptors (Lipinski definition) is 4. The molecule has 6 heteroatoms. The number of sulfonamides is 1. The number of pyridine rings is 1. The van der Waals surface area contributed by atoms with Crippen LogP contribution in [0.3, 0.4) is 0 Å². The Labute approximate surface area is 127 Å². The zero-order chi connectivity index (χ0) is 15.3. The van der Waals surface area contributed by atoms with Crippen molar-refractivity contribution in [2.24, 2.45) is 0 Å². The normalized spacial score (nSPS) is 17.1. The standard InChI is InChI=1S/C15H25N3O2S/c1-3-10-16-15-12-14(9-11-17-15)21(19,20)18(2)13-7-5-4-6-8-13/h9,11-13H,3-8,10H2,1-2H3,(H,16,17). The molecule has 2 rings (SSSR count). The van der Waals surface area contributed by atoms with Crippen LogP contribution in [0.1, 0.15) is 45.4 Å². The molecule has 0 bridgehead atoms. The summed E-state index contributed by atoms with van der Waals surface area (Å²) in [6.45, 7) is 2.85. The summed E-state index contributed by atoms with van der Waals surface area (Å²) in [7, 11) is -1.73. The predicted octanol–water partition coefficient (Wildman–Crippen LogP) is 2.86. The lowest BCUT2D eigenvalue weighted by molar-refractivity contribution is 0.286. The Morgan fingerprint density at radius 2 is 2.05 bits per heavy atom. The van der Waals surface area contributed by atoms with Crippen LogP contribution in [0.15, 0.2) is 23.2 Å². The molecule has 0 amide bonds. The number of rotatable bonds is 6. The number of nitrogens with one attached hydrogen (secondary N) is 1. The molecule has 0 aromatic carbocycles. The molecule has 1 heterocycles. The van der Waals surface area contributed by atoms with Crippen LogP contribution in [-0.2, 0) is 10.0 Å². The molecule has 1 aliphatic rings. The molecular formula is C15H25N3O2S. The summed E-state index contributed by atoms with van der Waals surface area (Å²) >= 11 is 0. The summed E-state index contributed by atoms with van der Waals surface area (Å²) in [5.74, 6) is 0.620. The van der Waals surface area contributed by atoms with E-state index in [-0.39, 0.29) is 6.04 Å². The summed E-state index contributed by atoms with van der Waals surface area (Å²) in [6.07, 6.45) is 7.89. The Hall–Kier alpha value is -1.14. The lowest BCUT2D eigenvalue weighted by Gasteiger charge is -2.30. The van der Waals surface area contributed by atoms with Gasteiger partial charge in [0.15, 0.2) is 0 Å². The van der Waals surface area contributed by atoms with E-state index in [1.54, 1.807) is 29.7 Å². The molecule has 1 saturated carbocycles. The Balaban J connectivity index is 2.17. The summed E-state index contributed by atoms with van der Waals surface area (Å²) in [6, 6.07) is 3.33. The van der Waals surface area contributed by atoms with Crippen molar-refractivity contribution in [1.29, 1.82) is 0 Å². The van der Waals surface area contributed by atoms with Gasteiger partial charge in [0.1, 0.15) is 5.82 Å². The zero-order valence-corrected chi connectivity index (χ0v) is 13.7. The third-order valence-corrected chi connectivity index (χ3v) is 5.96. The molecule has 5 nitrogen and oxygen atoms in total. The van der Waals surface area contributed by atoms with E-state index in [1.807, 2.05) is 0 Å². The van der Waals surface area contributed by atoms with E-state index in [0.29, 0.717) is 10.7 Å². The predicted molar refractivity (Wildman–Crippen MR) is 84.8 cm³/mol. The Morgan fingerprint density at radius 1 is 1.33 bits per heavy atom. The van der Waals surface area contributed by atoms with E-state index < -0.39 is 10.0 Å². The molecule has 1 N–H and O–H groups in total. The summed E-state index contributed by atoms with van der Waals surface area (Å²) < 4.78 is 27.0. The van der Waals surface area contributed by atoms with Crippen molar-refractivity contribution < 1.29 is 8.42 Å². The van der Waals surface area contributed by atoms with Crippen LogP contribution in [0.4, 0.5) is 5.82 Å². The first-order valence-electron chi connectivity index (χ1n) is 7.73. The summed E-state index contributed by atoms with van der Waals surface area (Å²) in [4.78, 5) is 4.49. The number of hydrogen-bond donors (Lipinski definition) is 1. The topological polar surface area (TPSA) is 62.3 Å². The van der Waals surface area contributed by atoms with Gasteiger partial charge in [0.2, 0.25) is 10.0 Å². The molecule has 1 aromatic heterocycles. The number of aromatic nitrogens is 1. The third-order valence-electron chi connectivity index (χ3n) is 4.05. The van der Waals surface area contributed by atoms with Crippen LogP contribution in [0.25, 0.3) is 0 Å². The van der Waals surface area contributed by atoms with Gasteiger partial charge in [-0.15, -0.1) is 0 Å². The van der Waals surface area contributed by atoms with Crippen LogP contribution in [-0.4, -0.2) is 37.3 Å². The smallest absolute Gasteiger partial charge is 0.243 e. The van der Waals surface area contributed by atoms with Gasteiger partial charge in [0, 0.05) is 31.9 Å². The average molecular weight is 311 g/mol. The Kier molecular flexibility index (Phi) is 5.58. The molecule has 0 atom stereocenters. The second-order valence-electron chi connectivity index (χ2n) is 5.62. The van der Waals surface area contributed by atoms with Gasteiger partial charge in [-0.25, -0.2) is 13.4 Å². The van der Waals surface area contributed by atoms with Crippen LogP contribution < -0.4 is 5.32 Å². The Bertz CT molecular complexity index is 554. The fourth-order valence-corrected chi connectivity index (χ4v) is 4.16. The minimum atomic E-state index is -3.43. The maximum Gasteiger partial charge on any atom is 0.243 e. The molecule has 0 unspecified atom stereocenters. The van der Waals surface area contributed by atoms with Gasteiger partial charge in [-0.3, -0.25) is 0 Å². The van der Waals surface area contributed by atoms with Crippen molar-refractivity contribution in [3.8, 4) is 0 Å². The fraction of sp³-hybridized carbons (Fsp3) is 0.667. The van der Waals surface area contributed by atoms with Gasteiger partial charge in [0.25, 0.3) is 0 Å². The van der Waals surface area contributed by atoms with E-state index in [2.05, 4.69) is 17.2 Å². The molecular weight excluding hydrogens is 286 g/mol. The van der Waals surface area contributed by atoms with Crippen molar-refractivity contribution in [3.63, 3.8) is 0 Å². The first-order chi connectivity index (χ1) is 10.1. The maximum atomic E-state index is 12.7. The van der Waals surface area contributed by atoms with Crippen molar-refractivity contribution >= 4 is 15.8 Å². The summed E-state index contributed by atoms with van der Waals surface area (Å²) in [5.41, 5.74) is 0. The lowest BCUT2D eigenvalue weighted by atomic mass is 9.96. The molecule has 0 aliphatic heterocycles. The van der Waals surface area contributed by atoms with Gasteiger partial charge < -0.3 is 5.32 Å². The fourth-order valence-electron chi connectivity index (χ4n) is 2.73. The quantitative estimate of drug-likeness (QED) is 0.877. The van der Waals surface area contributed by atoms with E-state index in [0.717, 1.165) is 38.6 Å². The third kappa shape index (κ3) is 3.95. The molecule has 0 radical (unpaired) electrons. The first kappa shape index (κ1) is 16.2. The molecule has 1 aliphatic carbocycles. The van der Waals surface area contributed by atoms with E-state index in [1.165, 1.54) is 6.42 Å². The molecule has 0 spiro atoms. The van der Waals surface area contributed by atoms with Crippen LogP contribution in [0.2, 0.25) is 0 Å². The summed E-state index contributed by atoms with van der Waals surface area (Å²) in [5, 5.41) is 3.13. The monoisotopic (exact) mass is 311 g/mol. The molecule has 0 saturated heterocycles. The van der Waals surface area contributed by atoms with Gasteiger partial charge >= 0.3 is 0 Å². The lowest BCUT2D eigenvalue weighted by Crippen LogP contribution is -2.38. The SMILES string of the molecule is CCCNc1cc(S(=O)(=O)N(C)C2CCCCC2)ccn1. The van der Waals surface area contributed by atoms with E-state index >= 15 is 0 Å². The highest BCUT2D eigenvalue weighted by atomic mass is 32.2. The molecule has 118 valence electrons. The first-order valence-corrected chi connectivity index (χ1v) is 9.17. The van der Waals surface area contributed by atoms with Crippen molar-refractivity contribution in [1.82, 2.24) is 9.29 Å². The number of anilines is 1. The van der Waals surface area contributed by atoms with Crippen LogP contribution >= 0.6 is 0 Å². The van der Waals surface area contributed by atoms with Crippen LogP contribution in [0, 0.1) is 0 Å². The Morgan fingerprint density at radius 3 is 2.71 bits per heavy atom. The number of nitrogens with zero attached hydrogens (tertiary/aromatic N) is 2. The molecule has 1 fully saturated rings. The highest BCUT2D eigenvalue weighted by Gasteiger charge is 2.29.